The number of carbonyl (C=O) groups excluding carboxylic acids is 1. The van der Waals surface area contributed by atoms with Crippen LogP contribution in [0.25, 0.3) is 0 Å². The number of alkyl halides is 2. The highest BCUT2D eigenvalue weighted by atomic mass is 32.1. The van der Waals surface area contributed by atoms with Gasteiger partial charge in [0.25, 0.3) is 5.91 Å². The summed E-state index contributed by atoms with van der Waals surface area (Å²) in [5.41, 5.74) is 5.18. The Morgan fingerprint density at radius 3 is 2.54 bits per heavy atom. The highest BCUT2D eigenvalue weighted by molar-refractivity contribution is 7.80. The number of hydrazine groups is 1. The van der Waals surface area contributed by atoms with E-state index in [4.69, 9.17) is 17.0 Å². The van der Waals surface area contributed by atoms with Gasteiger partial charge in [-0.15, -0.1) is 0 Å². The highest BCUT2D eigenvalue weighted by Crippen LogP contribution is 2.29. The van der Waals surface area contributed by atoms with Crippen molar-refractivity contribution in [2.75, 3.05) is 13.7 Å². The van der Waals surface area contributed by atoms with Crippen LogP contribution in [0.5, 0.6) is 11.5 Å². The van der Waals surface area contributed by atoms with E-state index in [1.54, 1.807) is 0 Å². The van der Waals surface area contributed by atoms with Crippen LogP contribution in [-0.2, 0) is 0 Å². The molecule has 0 bridgehead atoms. The molecule has 1 rings (SSSR count). The van der Waals surface area contributed by atoms with Crippen LogP contribution in [0.3, 0.4) is 0 Å². The maximum absolute atomic E-state index is 12.3. The Bertz CT molecular complexity index is 571. The Morgan fingerprint density at radius 1 is 1.25 bits per heavy atom. The average molecular weight is 361 g/mol. The summed E-state index contributed by atoms with van der Waals surface area (Å²) in [5.74, 6) is -0.0790. The van der Waals surface area contributed by atoms with E-state index in [-0.39, 0.29) is 22.2 Å². The molecule has 1 aromatic carbocycles. The molecule has 1 amide bonds. The number of nitrogens with one attached hydrogen (secondary N) is 3. The van der Waals surface area contributed by atoms with Gasteiger partial charge in [0, 0.05) is 12.1 Å². The van der Waals surface area contributed by atoms with Crippen LogP contribution in [0.1, 0.15) is 30.6 Å². The number of ether oxygens (including phenoxy) is 2. The fourth-order valence-electron chi connectivity index (χ4n) is 1.71. The molecule has 0 aromatic heterocycles. The number of rotatable bonds is 7. The van der Waals surface area contributed by atoms with Gasteiger partial charge in [-0.3, -0.25) is 15.6 Å². The first-order valence-corrected chi connectivity index (χ1v) is 7.71. The lowest BCUT2D eigenvalue weighted by Gasteiger charge is -2.14. The smallest absolute Gasteiger partial charge is 0.387 e. The molecule has 0 saturated heterocycles. The number of amides is 1. The van der Waals surface area contributed by atoms with Gasteiger partial charge in [0.05, 0.1) is 7.11 Å². The Hall–Kier alpha value is -2.16. The molecule has 0 saturated carbocycles. The molecule has 6 nitrogen and oxygen atoms in total. The minimum absolute atomic E-state index is 0.0283. The minimum Gasteiger partial charge on any atom is -0.493 e. The zero-order valence-electron chi connectivity index (χ0n) is 13.7. The van der Waals surface area contributed by atoms with Crippen LogP contribution in [0, 0.1) is 5.92 Å². The summed E-state index contributed by atoms with van der Waals surface area (Å²) >= 11 is 5.03. The third-order valence-electron chi connectivity index (χ3n) is 2.94. The summed E-state index contributed by atoms with van der Waals surface area (Å²) in [7, 11) is 1.29. The van der Waals surface area contributed by atoms with Gasteiger partial charge in [-0.25, -0.2) is 0 Å². The number of benzene rings is 1. The monoisotopic (exact) mass is 361 g/mol. The molecule has 24 heavy (non-hydrogen) atoms. The van der Waals surface area contributed by atoms with E-state index in [1.165, 1.54) is 25.3 Å². The van der Waals surface area contributed by atoms with E-state index in [1.807, 2.05) is 0 Å². The van der Waals surface area contributed by atoms with Crippen molar-refractivity contribution < 1.29 is 23.0 Å². The average Bonchev–Trinajstić information content (AvgIpc) is 2.52. The quantitative estimate of drug-likeness (QED) is 0.512. The first-order valence-electron chi connectivity index (χ1n) is 7.30. The van der Waals surface area contributed by atoms with Crippen molar-refractivity contribution in [3.8, 4) is 11.5 Å². The minimum atomic E-state index is -2.98. The summed E-state index contributed by atoms with van der Waals surface area (Å²) in [6.45, 7) is 1.89. The van der Waals surface area contributed by atoms with Crippen molar-refractivity contribution in [3.05, 3.63) is 23.8 Å². The fourth-order valence-corrected chi connectivity index (χ4v) is 1.86. The summed E-state index contributed by atoms with van der Waals surface area (Å²) in [6, 6.07) is 3.87. The molecule has 0 atom stereocenters. The van der Waals surface area contributed by atoms with E-state index >= 15 is 0 Å². The van der Waals surface area contributed by atoms with Crippen molar-refractivity contribution in [2.45, 2.75) is 26.9 Å². The van der Waals surface area contributed by atoms with Gasteiger partial charge in [0.15, 0.2) is 16.6 Å². The predicted molar refractivity (Wildman–Crippen MR) is 90.3 cm³/mol. The highest BCUT2D eigenvalue weighted by Gasteiger charge is 2.14. The Morgan fingerprint density at radius 2 is 1.96 bits per heavy atom. The van der Waals surface area contributed by atoms with Crippen LogP contribution < -0.4 is 25.6 Å². The molecule has 0 aliphatic carbocycles. The molecule has 0 unspecified atom stereocenters. The van der Waals surface area contributed by atoms with Gasteiger partial charge in [-0.2, -0.15) is 8.78 Å². The van der Waals surface area contributed by atoms with Crippen LogP contribution in [0.4, 0.5) is 8.78 Å². The Balaban J connectivity index is 2.57. The van der Waals surface area contributed by atoms with Crippen molar-refractivity contribution >= 4 is 23.2 Å². The van der Waals surface area contributed by atoms with Gasteiger partial charge < -0.3 is 14.8 Å². The molecule has 0 radical (unpaired) electrons. The normalized spacial score (nSPS) is 10.5. The Labute approximate surface area is 144 Å². The lowest BCUT2D eigenvalue weighted by atomic mass is 10.1. The standard InChI is InChI=1S/C15H21F2N3O3S/c1-9(2)6-7-18-15(24)20-19-13(21)10-4-5-11(23-14(16)17)12(8-10)22-3/h4-5,8-9,14H,6-7H2,1-3H3,(H,19,21)(H2,18,20,24). The zero-order chi connectivity index (χ0) is 18.1. The van der Waals surface area contributed by atoms with E-state index in [0.29, 0.717) is 12.5 Å². The molecule has 9 heteroatoms. The second-order valence-corrected chi connectivity index (χ2v) is 5.67. The number of halogens is 2. The maximum atomic E-state index is 12.3. The Kier molecular flexibility index (Phi) is 8.17. The number of methoxy groups -OCH3 is 1. The second-order valence-electron chi connectivity index (χ2n) is 5.26. The van der Waals surface area contributed by atoms with Gasteiger partial charge in [-0.1, -0.05) is 13.8 Å². The number of hydrogen-bond donors (Lipinski definition) is 3. The fraction of sp³-hybridized carbons (Fsp3) is 0.467. The first-order chi connectivity index (χ1) is 11.3. The van der Waals surface area contributed by atoms with Gasteiger partial charge in [0.2, 0.25) is 0 Å². The molecule has 1 aromatic rings. The molecule has 0 aliphatic heterocycles. The van der Waals surface area contributed by atoms with E-state index in [2.05, 4.69) is 34.8 Å². The van der Waals surface area contributed by atoms with Crippen LogP contribution >= 0.6 is 12.2 Å². The maximum Gasteiger partial charge on any atom is 0.387 e. The van der Waals surface area contributed by atoms with Crippen LogP contribution in [0.2, 0.25) is 0 Å². The summed E-state index contributed by atoms with van der Waals surface area (Å²) in [6.07, 6.45) is 0.943. The van der Waals surface area contributed by atoms with Crippen molar-refractivity contribution in [2.24, 2.45) is 5.92 Å². The summed E-state index contributed by atoms with van der Waals surface area (Å²) in [4.78, 5) is 12.0. The molecular weight excluding hydrogens is 340 g/mol. The zero-order valence-corrected chi connectivity index (χ0v) is 14.5. The molecule has 0 heterocycles. The molecule has 0 aliphatic rings. The van der Waals surface area contributed by atoms with E-state index in [9.17, 15) is 13.6 Å². The van der Waals surface area contributed by atoms with E-state index in [0.717, 1.165) is 6.42 Å². The van der Waals surface area contributed by atoms with Crippen molar-refractivity contribution in [1.29, 1.82) is 0 Å². The summed E-state index contributed by atoms with van der Waals surface area (Å²) < 4.78 is 33.8. The van der Waals surface area contributed by atoms with Crippen molar-refractivity contribution in [1.82, 2.24) is 16.2 Å². The number of hydrogen-bond acceptors (Lipinski definition) is 4. The van der Waals surface area contributed by atoms with Crippen molar-refractivity contribution in [3.63, 3.8) is 0 Å². The van der Waals surface area contributed by atoms with Gasteiger partial charge >= 0.3 is 6.61 Å². The number of carbonyl (C=O) groups is 1. The largest absolute Gasteiger partial charge is 0.493 e. The second kappa shape index (κ2) is 9.86. The molecule has 0 spiro atoms. The first kappa shape index (κ1) is 19.9. The predicted octanol–water partition coefficient (Wildman–Crippen LogP) is 2.45. The molecule has 134 valence electrons. The van der Waals surface area contributed by atoms with Crippen LogP contribution in [-0.4, -0.2) is 31.3 Å². The SMILES string of the molecule is COc1cc(C(=O)NNC(=S)NCCC(C)C)ccc1OC(F)F. The third kappa shape index (κ3) is 6.95. The van der Waals surface area contributed by atoms with Crippen LogP contribution in [0.15, 0.2) is 18.2 Å². The third-order valence-corrected chi connectivity index (χ3v) is 3.19. The lowest BCUT2D eigenvalue weighted by molar-refractivity contribution is -0.0512. The molecule has 3 N–H and O–H groups in total. The lowest BCUT2D eigenvalue weighted by Crippen LogP contribution is -2.47. The van der Waals surface area contributed by atoms with E-state index < -0.39 is 12.5 Å². The summed E-state index contributed by atoms with van der Waals surface area (Å²) in [5, 5.41) is 3.24. The topological polar surface area (TPSA) is 71.6 Å². The van der Waals surface area contributed by atoms with Gasteiger partial charge in [-0.05, 0) is 42.8 Å². The number of thiocarbonyl (C=S) groups is 1. The van der Waals surface area contributed by atoms with Gasteiger partial charge in [0.1, 0.15) is 0 Å². The molecule has 0 fully saturated rings. The molecular formula is C15H21F2N3O3S.